The number of hydrogen-bond donors (Lipinski definition) is 3. The molecule has 1 aromatic carbocycles. The first-order valence-corrected chi connectivity index (χ1v) is 9.72. The Kier molecular flexibility index (Phi) is 4.76. The molecule has 1 amide bonds. The summed E-state index contributed by atoms with van der Waals surface area (Å²) in [5, 5.41) is 17.4. The maximum absolute atomic E-state index is 13.0. The van der Waals surface area contributed by atoms with Crippen molar-refractivity contribution in [1.29, 1.82) is 0 Å². The Bertz CT molecular complexity index is 801. The van der Waals surface area contributed by atoms with Gasteiger partial charge in [-0.2, -0.15) is 0 Å². The van der Waals surface area contributed by atoms with Crippen LogP contribution in [0.3, 0.4) is 0 Å². The molecule has 2 aromatic rings. The lowest BCUT2D eigenvalue weighted by Gasteiger charge is -2.43. The van der Waals surface area contributed by atoms with E-state index >= 15 is 0 Å². The quantitative estimate of drug-likeness (QED) is 0.787. The number of nitrogens with one attached hydrogen (secondary N) is 2. The summed E-state index contributed by atoms with van der Waals surface area (Å²) >= 11 is 0. The lowest BCUT2D eigenvalue weighted by molar-refractivity contribution is 0.00890. The number of rotatable bonds is 4. The maximum Gasteiger partial charge on any atom is 0.287 e. The molecule has 1 saturated heterocycles. The molecule has 4 rings (SSSR count). The molecule has 5 nitrogen and oxygen atoms in total. The number of hydrogen-bond acceptors (Lipinski definition) is 4. The first-order chi connectivity index (χ1) is 12.5. The first kappa shape index (κ1) is 17.6. The maximum atomic E-state index is 13.0. The van der Waals surface area contributed by atoms with Crippen molar-refractivity contribution in [2.45, 2.75) is 51.7 Å². The SMILES string of the molecule is Cc1ccc2c(C)c(C(=O)NC(C3CCNCC3)C3CC(O)C3)oc2c1. The Morgan fingerprint density at radius 2 is 1.96 bits per heavy atom. The van der Waals surface area contributed by atoms with Crippen molar-refractivity contribution >= 4 is 16.9 Å². The zero-order valence-electron chi connectivity index (χ0n) is 15.5. The Balaban J connectivity index is 1.57. The summed E-state index contributed by atoms with van der Waals surface area (Å²) in [6, 6.07) is 6.15. The van der Waals surface area contributed by atoms with Gasteiger partial charge in [0.2, 0.25) is 0 Å². The van der Waals surface area contributed by atoms with E-state index in [4.69, 9.17) is 4.42 Å². The van der Waals surface area contributed by atoms with Crippen molar-refractivity contribution < 1.29 is 14.3 Å². The lowest BCUT2D eigenvalue weighted by Crippen LogP contribution is -2.52. The van der Waals surface area contributed by atoms with Crippen LogP contribution in [0.25, 0.3) is 11.0 Å². The van der Waals surface area contributed by atoms with E-state index in [2.05, 4.69) is 10.6 Å². The summed E-state index contributed by atoms with van der Waals surface area (Å²) in [5.74, 6) is 1.12. The van der Waals surface area contributed by atoms with Crippen molar-refractivity contribution in [2.75, 3.05) is 13.1 Å². The van der Waals surface area contributed by atoms with Crippen molar-refractivity contribution in [1.82, 2.24) is 10.6 Å². The highest BCUT2D eigenvalue weighted by atomic mass is 16.3. The molecule has 26 heavy (non-hydrogen) atoms. The molecule has 1 aliphatic heterocycles. The molecule has 1 aromatic heterocycles. The van der Waals surface area contributed by atoms with Gasteiger partial charge in [-0.15, -0.1) is 0 Å². The van der Waals surface area contributed by atoms with Gasteiger partial charge in [0.25, 0.3) is 5.91 Å². The van der Waals surface area contributed by atoms with E-state index in [9.17, 15) is 9.90 Å². The van der Waals surface area contributed by atoms with E-state index in [1.807, 2.05) is 32.0 Å². The van der Waals surface area contributed by atoms with Crippen LogP contribution < -0.4 is 10.6 Å². The molecular formula is C21H28N2O3. The number of furan rings is 1. The third-order valence-corrected chi connectivity index (χ3v) is 6.15. The summed E-state index contributed by atoms with van der Waals surface area (Å²) in [6.07, 6.45) is 3.49. The van der Waals surface area contributed by atoms with Crippen LogP contribution in [0.2, 0.25) is 0 Å². The van der Waals surface area contributed by atoms with Crippen LogP contribution in [0, 0.1) is 25.7 Å². The van der Waals surface area contributed by atoms with E-state index < -0.39 is 0 Å². The van der Waals surface area contributed by atoms with Gasteiger partial charge in [-0.05, 0) is 76.1 Å². The fourth-order valence-electron chi connectivity index (χ4n) is 4.51. The number of aliphatic hydroxyl groups excluding tert-OH is 1. The van der Waals surface area contributed by atoms with Crippen molar-refractivity contribution in [2.24, 2.45) is 11.8 Å². The molecule has 2 aliphatic rings. The highest BCUT2D eigenvalue weighted by Gasteiger charge is 2.39. The average Bonchev–Trinajstić information content (AvgIpc) is 2.94. The third kappa shape index (κ3) is 3.26. The minimum Gasteiger partial charge on any atom is -0.451 e. The molecule has 1 aliphatic carbocycles. The lowest BCUT2D eigenvalue weighted by atomic mass is 9.71. The van der Waals surface area contributed by atoms with Gasteiger partial charge in [0, 0.05) is 17.0 Å². The van der Waals surface area contributed by atoms with Gasteiger partial charge in [-0.1, -0.05) is 12.1 Å². The van der Waals surface area contributed by atoms with Gasteiger partial charge in [-0.25, -0.2) is 0 Å². The molecule has 1 saturated carbocycles. The summed E-state index contributed by atoms with van der Waals surface area (Å²) in [4.78, 5) is 13.0. The Labute approximate surface area is 154 Å². The summed E-state index contributed by atoms with van der Waals surface area (Å²) in [5.41, 5.74) is 2.79. The molecule has 1 atom stereocenters. The van der Waals surface area contributed by atoms with Gasteiger partial charge in [0.15, 0.2) is 5.76 Å². The smallest absolute Gasteiger partial charge is 0.287 e. The summed E-state index contributed by atoms with van der Waals surface area (Å²) < 4.78 is 5.91. The molecule has 0 radical (unpaired) electrons. The molecular weight excluding hydrogens is 328 g/mol. The van der Waals surface area contributed by atoms with Crippen LogP contribution in [0.1, 0.15) is 47.4 Å². The Morgan fingerprint density at radius 3 is 2.65 bits per heavy atom. The van der Waals surface area contributed by atoms with Crippen molar-refractivity contribution in [3.05, 3.63) is 35.1 Å². The number of aliphatic hydroxyl groups is 1. The number of benzene rings is 1. The van der Waals surface area contributed by atoms with E-state index in [0.29, 0.717) is 17.6 Å². The molecule has 0 spiro atoms. The minimum atomic E-state index is -0.211. The predicted octanol–water partition coefficient (Wildman–Crippen LogP) is 2.92. The second-order valence-electron chi connectivity index (χ2n) is 8.03. The molecule has 0 bridgehead atoms. The Hall–Kier alpha value is -1.85. The normalized spacial score (nSPS) is 25.0. The highest BCUT2D eigenvalue weighted by Crippen LogP contribution is 2.36. The zero-order chi connectivity index (χ0) is 18.3. The van der Waals surface area contributed by atoms with Crippen molar-refractivity contribution in [3.8, 4) is 0 Å². The summed E-state index contributed by atoms with van der Waals surface area (Å²) in [7, 11) is 0. The number of carbonyl (C=O) groups excluding carboxylic acids is 1. The van der Waals surface area contributed by atoms with Gasteiger partial charge < -0.3 is 20.2 Å². The molecule has 2 fully saturated rings. The Morgan fingerprint density at radius 1 is 1.23 bits per heavy atom. The second kappa shape index (κ2) is 7.05. The largest absolute Gasteiger partial charge is 0.451 e. The fraction of sp³-hybridized carbons (Fsp3) is 0.571. The van der Waals surface area contributed by atoms with Gasteiger partial charge in [0.1, 0.15) is 5.58 Å². The minimum absolute atomic E-state index is 0.113. The van der Waals surface area contributed by atoms with Crippen molar-refractivity contribution in [3.63, 3.8) is 0 Å². The third-order valence-electron chi connectivity index (χ3n) is 6.15. The van der Waals surface area contributed by atoms with Gasteiger partial charge >= 0.3 is 0 Å². The molecule has 2 heterocycles. The van der Waals surface area contributed by atoms with Crippen LogP contribution >= 0.6 is 0 Å². The van der Waals surface area contributed by atoms with E-state index in [-0.39, 0.29) is 18.1 Å². The van der Waals surface area contributed by atoms with Crippen LogP contribution in [0.4, 0.5) is 0 Å². The van der Waals surface area contributed by atoms with Crippen LogP contribution in [0.15, 0.2) is 22.6 Å². The average molecular weight is 356 g/mol. The molecule has 140 valence electrons. The van der Waals surface area contributed by atoms with Crippen LogP contribution in [-0.2, 0) is 0 Å². The number of aryl methyl sites for hydroxylation is 2. The van der Waals surface area contributed by atoms with E-state index in [0.717, 1.165) is 60.9 Å². The molecule has 1 unspecified atom stereocenters. The second-order valence-corrected chi connectivity index (χ2v) is 8.03. The number of piperidine rings is 1. The topological polar surface area (TPSA) is 74.5 Å². The number of carbonyl (C=O) groups is 1. The van der Waals surface area contributed by atoms with E-state index in [1.165, 1.54) is 0 Å². The zero-order valence-corrected chi connectivity index (χ0v) is 15.5. The first-order valence-electron chi connectivity index (χ1n) is 9.72. The number of fused-ring (bicyclic) bond motifs is 1. The standard InChI is InChI=1S/C21H28N2O3/c1-12-3-4-17-13(2)20(26-18(17)9-12)21(25)23-19(15-10-16(24)11-15)14-5-7-22-8-6-14/h3-4,9,14-16,19,22,24H,5-8,10-11H2,1-2H3,(H,23,25). The predicted molar refractivity (Wildman–Crippen MR) is 101 cm³/mol. The van der Waals surface area contributed by atoms with Gasteiger partial charge in [-0.3, -0.25) is 4.79 Å². The number of amides is 1. The monoisotopic (exact) mass is 356 g/mol. The highest BCUT2D eigenvalue weighted by molar-refractivity contribution is 5.99. The van der Waals surface area contributed by atoms with Crippen LogP contribution in [-0.4, -0.2) is 36.2 Å². The van der Waals surface area contributed by atoms with Gasteiger partial charge in [0.05, 0.1) is 6.10 Å². The summed E-state index contributed by atoms with van der Waals surface area (Å²) in [6.45, 7) is 5.96. The molecule has 5 heteroatoms. The molecule has 3 N–H and O–H groups in total. The fourth-order valence-corrected chi connectivity index (χ4v) is 4.51. The van der Waals surface area contributed by atoms with Crippen LogP contribution in [0.5, 0.6) is 0 Å². The van der Waals surface area contributed by atoms with E-state index in [1.54, 1.807) is 0 Å².